The van der Waals surface area contributed by atoms with Crippen molar-refractivity contribution in [1.29, 1.82) is 0 Å². The third-order valence-electron chi connectivity index (χ3n) is 4.35. The summed E-state index contributed by atoms with van der Waals surface area (Å²) in [5, 5.41) is 13.1. The van der Waals surface area contributed by atoms with Gasteiger partial charge in [-0.1, -0.05) is 11.6 Å². The van der Waals surface area contributed by atoms with E-state index in [9.17, 15) is 22.7 Å². The van der Waals surface area contributed by atoms with Crippen LogP contribution in [0.2, 0.25) is 5.02 Å². The first-order chi connectivity index (χ1) is 16.2. The standard InChI is InChI=1S/C21H21ClF2N4O5S2/c1-21(2,3)33-20(30)28(18-9-34-10-26-18)35(31,32)17-7-13(22)16(8-15(17)24)27-19(25)12-6-11(29)4-5-14(12)23/h4-10,19,27,29H,25H2,1-3H3/t19-/m1/s1. The Labute approximate surface area is 209 Å². The molecule has 1 heterocycles. The zero-order valence-electron chi connectivity index (χ0n) is 18.6. The number of nitrogens with two attached hydrogens (primary N) is 1. The minimum absolute atomic E-state index is 0.141. The molecule has 0 fully saturated rings. The van der Waals surface area contributed by atoms with Crippen LogP contribution in [0.4, 0.5) is 25.1 Å². The maximum atomic E-state index is 15.1. The quantitative estimate of drug-likeness (QED) is 0.368. The summed E-state index contributed by atoms with van der Waals surface area (Å²) in [4.78, 5) is 15.7. The molecule has 14 heteroatoms. The lowest BCUT2D eigenvalue weighted by molar-refractivity contribution is 0.0608. The number of sulfonamides is 1. The molecule has 1 amide bonds. The Hall–Kier alpha value is -3.00. The molecule has 0 radical (unpaired) electrons. The fourth-order valence-electron chi connectivity index (χ4n) is 2.87. The molecule has 4 N–H and O–H groups in total. The number of carbonyl (C=O) groups is 1. The molecular weight excluding hydrogens is 526 g/mol. The molecule has 0 saturated heterocycles. The van der Waals surface area contributed by atoms with Gasteiger partial charge in [0.25, 0.3) is 10.0 Å². The number of hydrogen-bond donors (Lipinski definition) is 3. The normalized spacial score (nSPS) is 12.8. The second-order valence-electron chi connectivity index (χ2n) is 8.19. The van der Waals surface area contributed by atoms with Gasteiger partial charge in [-0.2, -0.15) is 0 Å². The van der Waals surface area contributed by atoms with E-state index < -0.39 is 44.4 Å². The lowest BCUT2D eigenvalue weighted by Crippen LogP contribution is -2.41. The lowest BCUT2D eigenvalue weighted by Gasteiger charge is -2.26. The topological polar surface area (TPSA) is 135 Å². The summed E-state index contributed by atoms with van der Waals surface area (Å²) >= 11 is 7.20. The summed E-state index contributed by atoms with van der Waals surface area (Å²) in [6, 6.07) is 4.71. The van der Waals surface area contributed by atoms with Gasteiger partial charge in [0, 0.05) is 10.9 Å². The number of phenols is 1. The Morgan fingerprint density at radius 1 is 1.26 bits per heavy atom. The maximum Gasteiger partial charge on any atom is 0.430 e. The van der Waals surface area contributed by atoms with Gasteiger partial charge < -0.3 is 20.9 Å². The van der Waals surface area contributed by atoms with E-state index in [0.29, 0.717) is 0 Å². The van der Waals surface area contributed by atoms with E-state index in [1.165, 1.54) is 31.7 Å². The monoisotopic (exact) mass is 546 g/mol. The molecule has 0 unspecified atom stereocenters. The predicted molar refractivity (Wildman–Crippen MR) is 128 cm³/mol. The van der Waals surface area contributed by atoms with Crippen LogP contribution in [-0.4, -0.2) is 30.2 Å². The SMILES string of the molecule is CC(C)(C)OC(=O)N(c1cscn1)S(=O)(=O)c1cc(Cl)c(N[C@@H](N)c2cc(O)ccc2F)cc1F. The van der Waals surface area contributed by atoms with Crippen LogP contribution in [0.25, 0.3) is 0 Å². The van der Waals surface area contributed by atoms with Crippen LogP contribution in [0.3, 0.4) is 0 Å². The number of amides is 1. The molecule has 188 valence electrons. The number of benzene rings is 2. The van der Waals surface area contributed by atoms with Crippen LogP contribution < -0.4 is 15.4 Å². The van der Waals surface area contributed by atoms with Crippen LogP contribution in [0.1, 0.15) is 32.5 Å². The molecule has 1 atom stereocenters. The fraction of sp³-hybridized carbons (Fsp3) is 0.238. The van der Waals surface area contributed by atoms with E-state index in [1.807, 2.05) is 0 Å². The smallest absolute Gasteiger partial charge is 0.430 e. The number of phenolic OH excluding ortho intramolecular Hbond substituents is 1. The van der Waals surface area contributed by atoms with Gasteiger partial charge >= 0.3 is 6.09 Å². The average Bonchev–Trinajstić information content (AvgIpc) is 3.24. The molecular formula is C21H21ClF2N4O5S2. The Morgan fingerprint density at radius 2 is 1.94 bits per heavy atom. The zero-order valence-corrected chi connectivity index (χ0v) is 21.0. The molecule has 0 spiro atoms. The van der Waals surface area contributed by atoms with Crippen LogP contribution >= 0.6 is 22.9 Å². The number of ether oxygens (including phenoxy) is 1. The van der Waals surface area contributed by atoms with Crippen molar-refractivity contribution >= 4 is 50.6 Å². The number of carbonyl (C=O) groups excluding carboxylic acids is 1. The summed E-state index contributed by atoms with van der Waals surface area (Å²) in [7, 11) is -4.87. The number of halogens is 3. The van der Waals surface area contributed by atoms with Crippen molar-refractivity contribution in [2.24, 2.45) is 5.73 Å². The van der Waals surface area contributed by atoms with Crippen molar-refractivity contribution in [2.75, 3.05) is 9.62 Å². The molecule has 3 rings (SSSR count). The third kappa shape index (κ3) is 5.99. The van der Waals surface area contributed by atoms with E-state index >= 15 is 4.39 Å². The zero-order chi connectivity index (χ0) is 26.1. The van der Waals surface area contributed by atoms with Gasteiger partial charge in [0.05, 0.1) is 16.2 Å². The van der Waals surface area contributed by atoms with Gasteiger partial charge in [-0.15, -0.1) is 15.6 Å². The first kappa shape index (κ1) is 26.6. The van der Waals surface area contributed by atoms with E-state index in [2.05, 4.69) is 10.3 Å². The Bertz CT molecular complexity index is 1350. The molecule has 3 aromatic rings. The Balaban J connectivity index is 2.00. The van der Waals surface area contributed by atoms with Gasteiger partial charge in [0.1, 0.15) is 34.0 Å². The maximum absolute atomic E-state index is 15.1. The van der Waals surface area contributed by atoms with Crippen molar-refractivity contribution in [2.45, 2.75) is 37.4 Å². The highest BCUT2D eigenvalue weighted by Crippen LogP contribution is 2.34. The van der Waals surface area contributed by atoms with Gasteiger partial charge in [-0.3, -0.25) is 0 Å². The first-order valence-electron chi connectivity index (χ1n) is 9.87. The van der Waals surface area contributed by atoms with Gasteiger partial charge in [-0.25, -0.2) is 27.0 Å². The molecule has 1 aromatic heterocycles. The number of thiazole rings is 1. The van der Waals surface area contributed by atoms with Gasteiger partial charge in [0.15, 0.2) is 5.82 Å². The predicted octanol–water partition coefficient (Wildman–Crippen LogP) is 4.98. The fourth-order valence-corrected chi connectivity index (χ4v) is 5.09. The van der Waals surface area contributed by atoms with Gasteiger partial charge in [-0.05, 0) is 51.1 Å². The molecule has 0 aliphatic heterocycles. The molecule has 2 aromatic carbocycles. The number of rotatable bonds is 6. The molecule has 0 bridgehead atoms. The number of aromatic nitrogens is 1. The van der Waals surface area contributed by atoms with Crippen molar-refractivity contribution in [3.63, 3.8) is 0 Å². The number of hydrogen-bond acceptors (Lipinski definition) is 9. The van der Waals surface area contributed by atoms with E-state index in [1.54, 1.807) is 0 Å². The number of anilines is 2. The summed E-state index contributed by atoms with van der Waals surface area (Å²) in [6.07, 6.45) is -2.56. The molecule has 0 aliphatic carbocycles. The van der Waals surface area contributed by atoms with Gasteiger partial charge in [0.2, 0.25) is 0 Å². The molecule has 9 nitrogen and oxygen atoms in total. The summed E-state index contributed by atoms with van der Waals surface area (Å²) in [5.41, 5.74) is 5.85. The van der Waals surface area contributed by atoms with Crippen LogP contribution in [-0.2, 0) is 14.8 Å². The van der Waals surface area contributed by atoms with Crippen molar-refractivity contribution in [3.05, 3.63) is 63.4 Å². The van der Waals surface area contributed by atoms with Crippen LogP contribution in [0.15, 0.2) is 46.1 Å². The van der Waals surface area contributed by atoms with E-state index in [-0.39, 0.29) is 32.1 Å². The van der Waals surface area contributed by atoms with Crippen LogP contribution in [0.5, 0.6) is 5.75 Å². The summed E-state index contributed by atoms with van der Waals surface area (Å²) in [6.45, 7) is 4.60. The molecule has 35 heavy (non-hydrogen) atoms. The van der Waals surface area contributed by atoms with Crippen LogP contribution in [0, 0.1) is 11.6 Å². The Kier molecular flexibility index (Phi) is 7.55. The largest absolute Gasteiger partial charge is 0.508 e. The van der Waals surface area contributed by atoms with E-state index in [0.717, 1.165) is 41.7 Å². The second kappa shape index (κ2) is 9.93. The number of aromatic hydroxyl groups is 1. The summed E-state index contributed by atoms with van der Waals surface area (Å²) in [5.74, 6) is -2.55. The minimum atomic E-state index is -4.87. The number of nitrogens with one attached hydrogen (secondary N) is 1. The second-order valence-corrected chi connectivity index (χ2v) is 11.1. The van der Waals surface area contributed by atoms with Crippen molar-refractivity contribution in [1.82, 2.24) is 4.98 Å². The highest BCUT2D eigenvalue weighted by molar-refractivity contribution is 7.93. The van der Waals surface area contributed by atoms with E-state index in [4.69, 9.17) is 22.1 Å². The van der Waals surface area contributed by atoms with Crippen molar-refractivity contribution in [3.8, 4) is 5.75 Å². The Morgan fingerprint density at radius 3 is 2.54 bits per heavy atom. The first-order valence-corrected chi connectivity index (χ1v) is 12.6. The molecule has 0 saturated carbocycles. The highest BCUT2D eigenvalue weighted by Gasteiger charge is 2.38. The average molecular weight is 547 g/mol. The third-order valence-corrected chi connectivity index (χ3v) is 6.92. The highest BCUT2D eigenvalue weighted by atomic mass is 35.5. The van der Waals surface area contributed by atoms with Crippen molar-refractivity contribution < 1.29 is 31.8 Å². The minimum Gasteiger partial charge on any atom is -0.508 e. The summed E-state index contributed by atoms with van der Waals surface area (Å²) < 4.78 is 61.3. The lowest BCUT2D eigenvalue weighted by atomic mass is 10.1. The number of nitrogens with zero attached hydrogens (tertiary/aromatic N) is 2. The molecule has 0 aliphatic rings.